The van der Waals surface area contributed by atoms with Crippen LogP contribution in [0.4, 0.5) is 0 Å². The van der Waals surface area contributed by atoms with Crippen LogP contribution in [0.2, 0.25) is 0 Å². The van der Waals surface area contributed by atoms with Gasteiger partial charge in [-0.25, -0.2) is 0 Å². The van der Waals surface area contributed by atoms with Crippen molar-refractivity contribution in [3.05, 3.63) is 24.3 Å². The highest BCUT2D eigenvalue weighted by Crippen LogP contribution is 2.18. The molecule has 0 aliphatic carbocycles. The number of ether oxygens (including phenoxy) is 1. The van der Waals surface area contributed by atoms with Gasteiger partial charge in [0, 0.05) is 12.8 Å². The lowest BCUT2D eigenvalue weighted by molar-refractivity contribution is -0.143. The fraction of sp³-hybridized carbons (Fsp3) is 0.910. The van der Waals surface area contributed by atoms with Gasteiger partial charge in [-0.1, -0.05) is 321 Å². The van der Waals surface area contributed by atoms with E-state index in [1.165, 1.54) is 302 Å². The molecule has 0 aromatic rings. The Morgan fingerprint density at radius 2 is 0.644 bits per heavy atom. The van der Waals surface area contributed by atoms with Crippen molar-refractivity contribution in [1.29, 1.82) is 0 Å². The number of hydrogen-bond donors (Lipinski definition) is 3. The Balaban J connectivity index is 3.35. The van der Waals surface area contributed by atoms with E-state index in [9.17, 15) is 19.8 Å². The van der Waals surface area contributed by atoms with Crippen LogP contribution in [0, 0.1) is 0 Å². The van der Waals surface area contributed by atoms with Crippen LogP contribution >= 0.6 is 0 Å². The lowest BCUT2D eigenvalue weighted by Crippen LogP contribution is -2.45. The molecule has 0 aromatic carbocycles. The van der Waals surface area contributed by atoms with Gasteiger partial charge in [0.15, 0.2) is 0 Å². The zero-order chi connectivity index (χ0) is 52.9. The number of carbonyl (C=O) groups is 2. The predicted molar refractivity (Wildman–Crippen MR) is 320 cm³/mol. The molecule has 0 aliphatic heterocycles. The molecule has 0 saturated heterocycles. The van der Waals surface area contributed by atoms with Crippen LogP contribution in [0.3, 0.4) is 0 Å². The maximum Gasteiger partial charge on any atom is 0.305 e. The minimum absolute atomic E-state index is 0.0198. The average molecular weight is 1030 g/mol. The number of unbranched alkanes of at least 4 members (excludes halogenated alkanes) is 49. The molecule has 1 amide bonds. The van der Waals surface area contributed by atoms with E-state index < -0.39 is 12.1 Å². The molecule has 0 spiro atoms. The largest absolute Gasteiger partial charge is 0.466 e. The summed E-state index contributed by atoms with van der Waals surface area (Å²) >= 11 is 0. The molecule has 0 aliphatic rings. The number of hydrogen-bond acceptors (Lipinski definition) is 5. The SMILES string of the molecule is CCCCCCCCCCC/C=C/C(O)C(CO)NC(=O)CCCCCCCCCCCCCC/C=C\CCCCCCCCCCCCCCOC(=O)CCCCCCCCCCCCCCCCCCC. The van der Waals surface area contributed by atoms with Crippen LogP contribution in [0.25, 0.3) is 0 Å². The van der Waals surface area contributed by atoms with E-state index in [1.54, 1.807) is 6.08 Å². The van der Waals surface area contributed by atoms with Gasteiger partial charge in [-0.05, 0) is 57.8 Å². The first-order valence-electron chi connectivity index (χ1n) is 33.1. The maximum atomic E-state index is 12.4. The number of carbonyl (C=O) groups excluding carboxylic acids is 2. The summed E-state index contributed by atoms with van der Waals surface area (Å²) in [4.78, 5) is 24.5. The zero-order valence-corrected chi connectivity index (χ0v) is 49.4. The van der Waals surface area contributed by atoms with Crippen LogP contribution in [-0.2, 0) is 14.3 Å². The predicted octanol–water partition coefficient (Wildman–Crippen LogP) is 21.0. The minimum Gasteiger partial charge on any atom is -0.466 e. The molecule has 0 radical (unpaired) electrons. The summed E-state index contributed by atoms with van der Waals surface area (Å²) in [5.41, 5.74) is 0. The maximum absolute atomic E-state index is 12.4. The van der Waals surface area contributed by atoms with E-state index in [0.717, 1.165) is 38.5 Å². The summed E-state index contributed by atoms with van der Waals surface area (Å²) in [7, 11) is 0. The van der Waals surface area contributed by atoms with Crippen molar-refractivity contribution in [3.8, 4) is 0 Å². The second-order valence-corrected chi connectivity index (χ2v) is 22.8. The molecule has 2 atom stereocenters. The smallest absolute Gasteiger partial charge is 0.305 e. The van der Waals surface area contributed by atoms with Gasteiger partial charge in [-0.3, -0.25) is 9.59 Å². The van der Waals surface area contributed by atoms with Gasteiger partial charge in [0.25, 0.3) is 0 Å². The van der Waals surface area contributed by atoms with Crippen molar-refractivity contribution in [2.75, 3.05) is 13.2 Å². The van der Waals surface area contributed by atoms with Gasteiger partial charge in [0.05, 0.1) is 25.4 Å². The van der Waals surface area contributed by atoms with Crippen molar-refractivity contribution < 1.29 is 24.5 Å². The summed E-state index contributed by atoms with van der Waals surface area (Å²) in [6.07, 6.45) is 78.2. The minimum atomic E-state index is -0.842. The Hall–Kier alpha value is -1.66. The Labute approximate surface area is 456 Å². The third-order valence-corrected chi connectivity index (χ3v) is 15.5. The number of aliphatic hydroxyl groups is 2. The fourth-order valence-corrected chi connectivity index (χ4v) is 10.4. The van der Waals surface area contributed by atoms with E-state index >= 15 is 0 Å². The lowest BCUT2D eigenvalue weighted by Gasteiger charge is -2.20. The first kappa shape index (κ1) is 71.3. The highest BCUT2D eigenvalue weighted by molar-refractivity contribution is 5.76. The molecule has 6 heteroatoms. The van der Waals surface area contributed by atoms with Crippen molar-refractivity contribution in [3.63, 3.8) is 0 Å². The Kier molecular flexibility index (Phi) is 61.4. The van der Waals surface area contributed by atoms with Gasteiger partial charge >= 0.3 is 5.97 Å². The third-order valence-electron chi connectivity index (χ3n) is 15.5. The first-order valence-corrected chi connectivity index (χ1v) is 33.1. The van der Waals surface area contributed by atoms with Crippen LogP contribution in [0.5, 0.6) is 0 Å². The third kappa shape index (κ3) is 59.4. The number of esters is 1. The average Bonchev–Trinajstić information content (AvgIpc) is 3.39. The molecule has 0 heterocycles. The normalized spacial score (nSPS) is 12.7. The second-order valence-electron chi connectivity index (χ2n) is 22.8. The van der Waals surface area contributed by atoms with Gasteiger partial charge in [0.2, 0.25) is 5.91 Å². The Morgan fingerprint density at radius 3 is 0.973 bits per heavy atom. The fourth-order valence-electron chi connectivity index (χ4n) is 10.4. The van der Waals surface area contributed by atoms with Gasteiger partial charge in [-0.2, -0.15) is 0 Å². The number of allylic oxidation sites excluding steroid dienone is 3. The molecule has 0 bridgehead atoms. The number of nitrogens with one attached hydrogen (secondary N) is 1. The number of amides is 1. The summed E-state index contributed by atoms with van der Waals surface area (Å²) < 4.78 is 5.50. The summed E-state index contributed by atoms with van der Waals surface area (Å²) in [6, 6.07) is -0.626. The molecular formula is C67H129NO5. The molecule has 0 fully saturated rings. The van der Waals surface area contributed by atoms with Gasteiger partial charge in [-0.15, -0.1) is 0 Å². The molecule has 432 valence electrons. The van der Waals surface area contributed by atoms with Crippen LogP contribution in [0.15, 0.2) is 24.3 Å². The van der Waals surface area contributed by atoms with E-state index in [-0.39, 0.29) is 18.5 Å². The first-order chi connectivity index (χ1) is 36.0. The molecule has 0 saturated carbocycles. The summed E-state index contributed by atoms with van der Waals surface area (Å²) in [6.45, 7) is 4.92. The second kappa shape index (κ2) is 62.9. The molecule has 6 nitrogen and oxygen atoms in total. The standard InChI is InChI=1S/C67H129NO5/c1-3-5-7-9-11-13-15-16-17-30-34-37-41-45-49-53-57-61-67(72)73-62-58-54-50-46-42-38-35-32-29-27-25-23-21-19-18-20-22-24-26-28-31-33-36-40-44-48-52-56-60-66(71)68-64(63-69)65(70)59-55-51-47-43-39-14-12-10-8-6-4-2/h18-19,55,59,64-65,69-70H,3-17,20-54,56-58,60-63H2,1-2H3,(H,68,71)/b19-18-,59-55+. The molecule has 0 rings (SSSR count). The van der Waals surface area contributed by atoms with E-state index in [0.29, 0.717) is 19.4 Å². The van der Waals surface area contributed by atoms with Crippen molar-refractivity contribution >= 4 is 11.9 Å². The molecule has 0 aromatic heterocycles. The molecule has 3 N–H and O–H groups in total. The van der Waals surface area contributed by atoms with Gasteiger partial charge in [0.1, 0.15) is 0 Å². The highest BCUT2D eigenvalue weighted by atomic mass is 16.5. The number of aliphatic hydroxyl groups excluding tert-OH is 2. The van der Waals surface area contributed by atoms with Crippen molar-refractivity contribution in [2.24, 2.45) is 0 Å². The Bertz CT molecular complexity index is 1140. The Morgan fingerprint density at radius 1 is 0.370 bits per heavy atom. The molecule has 73 heavy (non-hydrogen) atoms. The van der Waals surface area contributed by atoms with Crippen LogP contribution in [-0.4, -0.2) is 47.4 Å². The van der Waals surface area contributed by atoms with E-state index in [4.69, 9.17) is 4.74 Å². The van der Waals surface area contributed by atoms with Gasteiger partial charge < -0.3 is 20.3 Å². The van der Waals surface area contributed by atoms with Crippen molar-refractivity contribution in [2.45, 2.75) is 379 Å². The van der Waals surface area contributed by atoms with Crippen molar-refractivity contribution in [1.82, 2.24) is 5.32 Å². The topological polar surface area (TPSA) is 95.9 Å². The van der Waals surface area contributed by atoms with E-state index in [1.807, 2.05) is 6.08 Å². The quantitative estimate of drug-likeness (QED) is 0.0320. The zero-order valence-electron chi connectivity index (χ0n) is 49.4. The highest BCUT2D eigenvalue weighted by Gasteiger charge is 2.18. The monoisotopic (exact) mass is 1030 g/mol. The summed E-state index contributed by atoms with van der Waals surface area (Å²) in [5.74, 6) is -0.0481. The molecule has 2 unspecified atom stereocenters. The van der Waals surface area contributed by atoms with E-state index in [2.05, 4.69) is 31.3 Å². The summed E-state index contributed by atoms with van der Waals surface area (Å²) in [5, 5.41) is 23.0. The molecular weight excluding hydrogens is 899 g/mol. The lowest BCUT2D eigenvalue weighted by atomic mass is 10.0. The number of rotatable bonds is 62. The van der Waals surface area contributed by atoms with Crippen LogP contribution < -0.4 is 5.32 Å². The van der Waals surface area contributed by atoms with Crippen LogP contribution in [0.1, 0.15) is 367 Å².